The Morgan fingerprint density at radius 3 is 2.22 bits per heavy atom. The Labute approximate surface area is 193 Å². The fourth-order valence-corrected chi connectivity index (χ4v) is 5.10. The number of rotatable bonds is 8. The summed E-state index contributed by atoms with van der Waals surface area (Å²) in [4.78, 5) is 7.41. The minimum atomic E-state index is -3.31. The van der Waals surface area contributed by atoms with Crippen molar-refractivity contribution >= 4 is 10.0 Å². The van der Waals surface area contributed by atoms with Crippen LogP contribution in [0.4, 0.5) is 0 Å². The summed E-state index contributed by atoms with van der Waals surface area (Å²) in [6.45, 7) is 13.2. The fourth-order valence-electron chi connectivity index (χ4n) is 4.68. The van der Waals surface area contributed by atoms with E-state index < -0.39 is 10.0 Å². The van der Waals surface area contributed by atoms with Crippen LogP contribution in [0.25, 0.3) is 11.3 Å². The van der Waals surface area contributed by atoms with Crippen LogP contribution in [0.1, 0.15) is 55.6 Å². The van der Waals surface area contributed by atoms with E-state index in [0.717, 1.165) is 55.0 Å². The van der Waals surface area contributed by atoms with Gasteiger partial charge < -0.3 is 4.74 Å². The van der Waals surface area contributed by atoms with Gasteiger partial charge in [-0.3, -0.25) is 9.88 Å². The van der Waals surface area contributed by atoms with Gasteiger partial charge in [-0.15, -0.1) is 0 Å². The van der Waals surface area contributed by atoms with Gasteiger partial charge in [-0.1, -0.05) is 32.0 Å². The van der Waals surface area contributed by atoms with E-state index in [-0.39, 0.29) is 18.8 Å². The van der Waals surface area contributed by atoms with Crippen molar-refractivity contribution in [1.29, 1.82) is 0 Å². The molecular weight excluding hydrogens is 422 g/mol. The normalized spacial score (nSPS) is 19.9. The van der Waals surface area contributed by atoms with Crippen molar-refractivity contribution in [3.05, 3.63) is 52.2 Å². The predicted octanol–water partition coefficient (Wildman–Crippen LogP) is 3.84. The van der Waals surface area contributed by atoms with Crippen molar-refractivity contribution < 1.29 is 13.2 Å². The van der Waals surface area contributed by atoms with Crippen LogP contribution in [-0.2, 0) is 40.7 Å². The molecule has 6 nitrogen and oxygen atoms in total. The molecule has 1 saturated heterocycles. The number of hydrogen-bond acceptors (Lipinski definition) is 5. The van der Waals surface area contributed by atoms with Gasteiger partial charge in [0.05, 0.1) is 24.2 Å². The number of morpholine rings is 1. The maximum atomic E-state index is 11.9. The standard InChI is InChI=1S/C25H37N3O3S/c1-7-20-10-9-11-21(8-2)25(20)24-12-22(13-26-32(6,29)30)23(19(5)27-24)16-28-14-17(3)31-18(4)15-28/h9-12,17-18,26H,7-8,13-16H2,1-6H3/t17-,18-/m1/s1. The molecule has 3 rings (SSSR count). The lowest BCUT2D eigenvalue weighted by atomic mass is 9.92. The summed E-state index contributed by atoms with van der Waals surface area (Å²) in [7, 11) is -3.31. The number of pyridine rings is 1. The second-order valence-corrected chi connectivity index (χ2v) is 10.8. The van der Waals surface area contributed by atoms with Crippen LogP contribution in [0.3, 0.4) is 0 Å². The molecule has 1 N–H and O–H groups in total. The van der Waals surface area contributed by atoms with Gasteiger partial charge in [-0.25, -0.2) is 13.1 Å². The molecule has 176 valence electrons. The molecule has 0 bridgehead atoms. The zero-order valence-corrected chi connectivity index (χ0v) is 21.1. The van der Waals surface area contributed by atoms with E-state index in [1.54, 1.807) is 0 Å². The summed E-state index contributed by atoms with van der Waals surface area (Å²) in [6, 6.07) is 8.51. The predicted molar refractivity (Wildman–Crippen MR) is 130 cm³/mol. The largest absolute Gasteiger partial charge is 0.373 e. The summed E-state index contributed by atoms with van der Waals surface area (Å²) in [5.41, 5.74) is 7.67. The SMILES string of the molecule is CCc1cccc(CC)c1-c1cc(CNS(C)(=O)=O)c(CN2C[C@@H](C)O[C@H](C)C2)c(C)n1. The Bertz CT molecular complexity index is 1020. The Hall–Kier alpha value is -1.80. The number of benzene rings is 1. The van der Waals surface area contributed by atoms with Crippen molar-refractivity contribution in [1.82, 2.24) is 14.6 Å². The molecule has 0 unspecified atom stereocenters. The highest BCUT2D eigenvalue weighted by atomic mass is 32.2. The number of nitrogens with zero attached hydrogens (tertiary/aromatic N) is 2. The Morgan fingerprint density at radius 2 is 1.69 bits per heavy atom. The maximum absolute atomic E-state index is 11.9. The highest BCUT2D eigenvalue weighted by Crippen LogP contribution is 2.31. The van der Waals surface area contributed by atoms with Gasteiger partial charge in [-0.2, -0.15) is 0 Å². The van der Waals surface area contributed by atoms with Crippen LogP contribution >= 0.6 is 0 Å². The number of sulfonamides is 1. The van der Waals surface area contributed by atoms with Crippen molar-refractivity contribution in [2.24, 2.45) is 0 Å². The lowest BCUT2D eigenvalue weighted by molar-refractivity contribution is -0.0706. The molecule has 32 heavy (non-hydrogen) atoms. The van der Waals surface area contributed by atoms with E-state index in [9.17, 15) is 8.42 Å². The van der Waals surface area contributed by atoms with Gasteiger partial charge in [0, 0.05) is 37.4 Å². The zero-order valence-electron chi connectivity index (χ0n) is 20.2. The molecular formula is C25H37N3O3S. The molecule has 0 radical (unpaired) electrons. The lowest BCUT2D eigenvalue weighted by Crippen LogP contribution is -2.45. The molecule has 0 spiro atoms. The molecule has 1 aliphatic rings. The molecule has 0 amide bonds. The third-order valence-electron chi connectivity index (χ3n) is 6.08. The molecule has 2 atom stereocenters. The number of aromatic nitrogens is 1. The highest BCUT2D eigenvalue weighted by Gasteiger charge is 2.24. The van der Waals surface area contributed by atoms with Crippen LogP contribution in [0.15, 0.2) is 24.3 Å². The van der Waals surface area contributed by atoms with Crippen LogP contribution in [-0.4, -0.2) is 49.9 Å². The molecule has 7 heteroatoms. The topological polar surface area (TPSA) is 71.5 Å². The van der Waals surface area contributed by atoms with Crippen molar-refractivity contribution in [2.45, 2.75) is 72.8 Å². The first-order chi connectivity index (χ1) is 15.1. The van der Waals surface area contributed by atoms with Crippen molar-refractivity contribution in [3.63, 3.8) is 0 Å². The molecule has 1 fully saturated rings. The average molecular weight is 460 g/mol. The van der Waals surface area contributed by atoms with E-state index in [2.05, 4.69) is 61.6 Å². The third kappa shape index (κ3) is 6.16. The monoisotopic (exact) mass is 459 g/mol. The molecule has 1 aromatic heterocycles. The summed E-state index contributed by atoms with van der Waals surface area (Å²) in [6.07, 6.45) is 3.40. The Morgan fingerprint density at radius 1 is 1.09 bits per heavy atom. The summed E-state index contributed by atoms with van der Waals surface area (Å²) in [5.74, 6) is 0. The minimum Gasteiger partial charge on any atom is -0.373 e. The van der Waals surface area contributed by atoms with Crippen LogP contribution in [0, 0.1) is 6.92 Å². The summed E-state index contributed by atoms with van der Waals surface area (Å²) >= 11 is 0. The summed E-state index contributed by atoms with van der Waals surface area (Å²) in [5, 5.41) is 0. The minimum absolute atomic E-state index is 0.174. The number of nitrogens with one attached hydrogen (secondary N) is 1. The van der Waals surface area contributed by atoms with E-state index in [1.165, 1.54) is 22.9 Å². The average Bonchev–Trinajstić information content (AvgIpc) is 2.72. The quantitative estimate of drug-likeness (QED) is 0.649. The van der Waals surface area contributed by atoms with E-state index in [1.807, 2.05) is 6.92 Å². The summed E-state index contributed by atoms with van der Waals surface area (Å²) < 4.78 is 32.3. The highest BCUT2D eigenvalue weighted by molar-refractivity contribution is 7.88. The molecule has 0 aliphatic carbocycles. The van der Waals surface area contributed by atoms with Gasteiger partial charge in [0.25, 0.3) is 0 Å². The molecule has 2 aromatic rings. The number of ether oxygens (including phenoxy) is 1. The second kappa shape index (κ2) is 10.4. The van der Waals surface area contributed by atoms with Gasteiger partial charge in [0.1, 0.15) is 0 Å². The van der Waals surface area contributed by atoms with Crippen molar-refractivity contribution in [3.8, 4) is 11.3 Å². The van der Waals surface area contributed by atoms with E-state index in [4.69, 9.17) is 9.72 Å². The molecule has 1 aliphatic heterocycles. The maximum Gasteiger partial charge on any atom is 0.209 e. The molecule has 0 saturated carbocycles. The van der Waals surface area contributed by atoms with Crippen LogP contribution < -0.4 is 4.72 Å². The Kier molecular flexibility index (Phi) is 8.09. The van der Waals surface area contributed by atoms with Gasteiger partial charge in [-0.05, 0) is 61.9 Å². The lowest BCUT2D eigenvalue weighted by Gasteiger charge is -2.36. The van der Waals surface area contributed by atoms with Gasteiger partial charge in [0.15, 0.2) is 0 Å². The van der Waals surface area contributed by atoms with E-state index >= 15 is 0 Å². The van der Waals surface area contributed by atoms with Crippen molar-refractivity contribution in [2.75, 3.05) is 19.3 Å². The van der Waals surface area contributed by atoms with Crippen LogP contribution in [0.5, 0.6) is 0 Å². The van der Waals surface area contributed by atoms with Gasteiger partial charge in [0.2, 0.25) is 10.0 Å². The first kappa shape index (κ1) is 24.8. The third-order valence-corrected chi connectivity index (χ3v) is 6.75. The fraction of sp³-hybridized carbons (Fsp3) is 0.560. The van der Waals surface area contributed by atoms with Crippen LogP contribution in [0.2, 0.25) is 0 Å². The number of hydrogen-bond donors (Lipinski definition) is 1. The number of aryl methyl sites for hydroxylation is 3. The van der Waals surface area contributed by atoms with Gasteiger partial charge >= 0.3 is 0 Å². The second-order valence-electron chi connectivity index (χ2n) is 8.93. The smallest absolute Gasteiger partial charge is 0.209 e. The molecule has 1 aromatic carbocycles. The first-order valence-electron chi connectivity index (χ1n) is 11.5. The Balaban J connectivity index is 2.07. The van der Waals surface area contributed by atoms with E-state index in [0.29, 0.717) is 0 Å². The molecule has 2 heterocycles. The zero-order chi connectivity index (χ0) is 23.5. The first-order valence-corrected chi connectivity index (χ1v) is 13.4.